The van der Waals surface area contributed by atoms with Crippen LogP contribution in [-0.2, 0) is 11.2 Å². The fourth-order valence-electron chi connectivity index (χ4n) is 5.04. The van der Waals surface area contributed by atoms with E-state index in [9.17, 15) is 9.59 Å². The zero-order valence-electron chi connectivity index (χ0n) is 16.1. The average Bonchev–Trinajstić information content (AvgIpc) is 3.06. The third kappa shape index (κ3) is 2.95. The van der Waals surface area contributed by atoms with Gasteiger partial charge in [-0.2, -0.15) is 0 Å². The maximum atomic E-state index is 12.8. The fourth-order valence-corrected chi connectivity index (χ4v) is 5.04. The van der Waals surface area contributed by atoms with E-state index in [-0.39, 0.29) is 17.2 Å². The summed E-state index contributed by atoms with van der Waals surface area (Å²) in [4.78, 5) is 30.3. The Morgan fingerprint density at radius 3 is 2.50 bits per heavy atom. The number of rotatable bonds is 4. The van der Waals surface area contributed by atoms with Crippen LogP contribution in [0.2, 0.25) is 0 Å². The Balaban J connectivity index is 1.27. The van der Waals surface area contributed by atoms with Crippen LogP contribution in [0.3, 0.4) is 0 Å². The van der Waals surface area contributed by atoms with E-state index < -0.39 is 0 Å². The summed E-state index contributed by atoms with van der Waals surface area (Å²) in [5.41, 5.74) is 2.11. The largest absolute Gasteiger partial charge is 0.364 e. The SMILES string of the molecule is CCc1[nH]ccc1C(=O)N1CCC2(CC1)CC(NC(=O)C1(C)CCC1)C2. The molecule has 2 aliphatic carbocycles. The summed E-state index contributed by atoms with van der Waals surface area (Å²) in [5.74, 6) is 0.427. The molecule has 2 saturated carbocycles. The molecule has 0 bridgehead atoms. The third-order valence-electron chi connectivity index (χ3n) is 7.23. The van der Waals surface area contributed by atoms with Gasteiger partial charge in [0.15, 0.2) is 0 Å². The van der Waals surface area contributed by atoms with E-state index in [1.54, 1.807) is 0 Å². The molecule has 1 aromatic rings. The van der Waals surface area contributed by atoms with Gasteiger partial charge < -0.3 is 15.2 Å². The molecule has 1 spiro atoms. The van der Waals surface area contributed by atoms with Crippen molar-refractivity contribution in [1.82, 2.24) is 15.2 Å². The molecule has 26 heavy (non-hydrogen) atoms. The van der Waals surface area contributed by atoms with Crippen molar-refractivity contribution in [2.75, 3.05) is 13.1 Å². The van der Waals surface area contributed by atoms with Crippen molar-refractivity contribution in [3.8, 4) is 0 Å². The zero-order chi connectivity index (χ0) is 18.4. The molecule has 5 nitrogen and oxygen atoms in total. The number of nitrogens with one attached hydrogen (secondary N) is 2. The summed E-state index contributed by atoms with van der Waals surface area (Å²) in [6.07, 6.45) is 10.3. The molecule has 2 heterocycles. The van der Waals surface area contributed by atoms with E-state index >= 15 is 0 Å². The highest BCUT2D eigenvalue weighted by Gasteiger charge is 2.48. The molecule has 2 amide bonds. The van der Waals surface area contributed by atoms with Gasteiger partial charge in [0.25, 0.3) is 5.91 Å². The summed E-state index contributed by atoms with van der Waals surface area (Å²) in [6.45, 7) is 5.84. The molecule has 3 fully saturated rings. The molecule has 142 valence electrons. The van der Waals surface area contributed by atoms with Gasteiger partial charge in [0, 0.05) is 36.4 Å². The smallest absolute Gasteiger partial charge is 0.255 e. The Morgan fingerprint density at radius 1 is 1.23 bits per heavy atom. The van der Waals surface area contributed by atoms with Crippen LogP contribution < -0.4 is 5.32 Å². The van der Waals surface area contributed by atoms with Gasteiger partial charge in [-0.1, -0.05) is 20.3 Å². The predicted octanol–water partition coefficient (Wildman–Crippen LogP) is 3.27. The number of hydrogen-bond acceptors (Lipinski definition) is 2. The third-order valence-corrected chi connectivity index (χ3v) is 7.23. The van der Waals surface area contributed by atoms with Crippen molar-refractivity contribution in [3.05, 3.63) is 23.5 Å². The quantitative estimate of drug-likeness (QED) is 0.868. The summed E-state index contributed by atoms with van der Waals surface area (Å²) in [7, 11) is 0. The lowest BCUT2D eigenvalue weighted by atomic mass is 9.60. The van der Waals surface area contributed by atoms with Gasteiger partial charge in [0.2, 0.25) is 5.91 Å². The second kappa shape index (κ2) is 6.43. The molecule has 1 saturated heterocycles. The van der Waals surface area contributed by atoms with E-state index in [4.69, 9.17) is 0 Å². The minimum atomic E-state index is -0.105. The second-order valence-electron chi connectivity index (χ2n) is 9.01. The molecule has 3 aliphatic rings. The molecule has 1 aliphatic heterocycles. The standard InChI is InChI=1S/C21H31N3O2/c1-3-17-16(5-10-22-17)18(25)24-11-8-21(9-12-24)13-15(14-21)23-19(26)20(2)6-4-7-20/h5,10,15,22H,3-4,6-9,11-14H2,1-2H3,(H,23,26). The number of aromatic nitrogens is 1. The van der Waals surface area contributed by atoms with Crippen molar-refractivity contribution in [2.45, 2.75) is 71.3 Å². The lowest BCUT2D eigenvalue weighted by molar-refractivity contribution is -0.137. The van der Waals surface area contributed by atoms with Gasteiger partial charge in [-0.3, -0.25) is 9.59 Å². The van der Waals surface area contributed by atoms with Crippen molar-refractivity contribution >= 4 is 11.8 Å². The van der Waals surface area contributed by atoms with Crippen LogP contribution >= 0.6 is 0 Å². The molecule has 0 aromatic carbocycles. The molecule has 0 unspecified atom stereocenters. The minimum Gasteiger partial charge on any atom is -0.364 e. The number of likely N-dealkylation sites (tertiary alicyclic amines) is 1. The van der Waals surface area contributed by atoms with Gasteiger partial charge >= 0.3 is 0 Å². The number of H-pyrrole nitrogens is 1. The molecule has 1 aromatic heterocycles. The molecule has 0 atom stereocenters. The Kier molecular flexibility index (Phi) is 4.36. The monoisotopic (exact) mass is 357 g/mol. The summed E-state index contributed by atoms with van der Waals surface area (Å²) in [5, 5.41) is 3.28. The van der Waals surface area contributed by atoms with Crippen molar-refractivity contribution in [3.63, 3.8) is 0 Å². The second-order valence-corrected chi connectivity index (χ2v) is 9.01. The molecule has 5 heteroatoms. The Labute approximate surface area is 155 Å². The lowest BCUT2D eigenvalue weighted by Crippen LogP contribution is -2.58. The number of carbonyl (C=O) groups excluding carboxylic acids is 2. The fraction of sp³-hybridized carbons (Fsp3) is 0.714. The van der Waals surface area contributed by atoms with Gasteiger partial charge in [-0.15, -0.1) is 0 Å². The number of nitrogens with zero attached hydrogens (tertiary/aromatic N) is 1. The maximum absolute atomic E-state index is 12.8. The van der Waals surface area contributed by atoms with Gasteiger partial charge in [0.05, 0.1) is 5.56 Å². The number of piperidine rings is 1. The number of aromatic amines is 1. The summed E-state index contributed by atoms with van der Waals surface area (Å²) < 4.78 is 0. The number of carbonyl (C=O) groups is 2. The van der Waals surface area contributed by atoms with E-state index in [0.717, 1.165) is 69.3 Å². The minimum absolute atomic E-state index is 0.105. The normalized spacial score (nSPS) is 24.0. The summed E-state index contributed by atoms with van der Waals surface area (Å²) in [6, 6.07) is 2.25. The highest BCUT2D eigenvalue weighted by Crippen LogP contribution is 2.50. The van der Waals surface area contributed by atoms with Gasteiger partial charge in [-0.05, 0) is 56.4 Å². The van der Waals surface area contributed by atoms with Crippen molar-refractivity contribution < 1.29 is 9.59 Å². The Morgan fingerprint density at radius 2 is 1.92 bits per heavy atom. The first-order chi connectivity index (χ1) is 12.4. The molecule has 4 rings (SSSR count). The van der Waals surface area contributed by atoms with E-state index in [0.29, 0.717) is 11.5 Å². The topological polar surface area (TPSA) is 65.2 Å². The number of amides is 2. The molecule has 0 radical (unpaired) electrons. The van der Waals surface area contributed by atoms with Crippen molar-refractivity contribution in [1.29, 1.82) is 0 Å². The Hall–Kier alpha value is -1.78. The van der Waals surface area contributed by atoms with E-state index in [1.165, 1.54) is 6.42 Å². The van der Waals surface area contributed by atoms with Crippen LogP contribution in [0.1, 0.15) is 74.8 Å². The van der Waals surface area contributed by atoms with Crippen LogP contribution in [0.25, 0.3) is 0 Å². The van der Waals surface area contributed by atoms with Gasteiger partial charge in [-0.25, -0.2) is 0 Å². The highest BCUT2D eigenvalue weighted by atomic mass is 16.2. The average molecular weight is 357 g/mol. The molecular formula is C21H31N3O2. The molecular weight excluding hydrogens is 326 g/mol. The van der Waals surface area contributed by atoms with E-state index in [2.05, 4.69) is 24.1 Å². The van der Waals surface area contributed by atoms with Crippen LogP contribution in [0.15, 0.2) is 12.3 Å². The maximum Gasteiger partial charge on any atom is 0.255 e. The lowest BCUT2D eigenvalue weighted by Gasteiger charge is -2.53. The van der Waals surface area contributed by atoms with Crippen LogP contribution in [-0.4, -0.2) is 40.8 Å². The first kappa shape index (κ1) is 17.6. The zero-order valence-corrected chi connectivity index (χ0v) is 16.1. The van der Waals surface area contributed by atoms with Crippen LogP contribution in [0, 0.1) is 10.8 Å². The van der Waals surface area contributed by atoms with Gasteiger partial charge in [0.1, 0.15) is 0 Å². The number of aryl methyl sites for hydroxylation is 1. The van der Waals surface area contributed by atoms with Crippen LogP contribution in [0.4, 0.5) is 0 Å². The predicted molar refractivity (Wildman–Crippen MR) is 101 cm³/mol. The highest BCUT2D eigenvalue weighted by molar-refractivity contribution is 5.95. The Bertz CT molecular complexity index is 688. The van der Waals surface area contributed by atoms with Crippen LogP contribution in [0.5, 0.6) is 0 Å². The van der Waals surface area contributed by atoms with Crippen molar-refractivity contribution in [2.24, 2.45) is 10.8 Å². The van der Waals surface area contributed by atoms with E-state index in [1.807, 2.05) is 17.2 Å². The first-order valence-corrected chi connectivity index (χ1v) is 10.2. The summed E-state index contributed by atoms with van der Waals surface area (Å²) >= 11 is 0. The molecule has 2 N–H and O–H groups in total. The number of hydrogen-bond donors (Lipinski definition) is 2. The first-order valence-electron chi connectivity index (χ1n) is 10.2.